The average molecular weight is 506 g/mol. The van der Waals surface area contributed by atoms with Gasteiger partial charge in [0.25, 0.3) is 0 Å². The van der Waals surface area contributed by atoms with E-state index >= 15 is 0 Å². The minimum absolute atomic E-state index is 0.111. The van der Waals surface area contributed by atoms with Gasteiger partial charge in [-0.05, 0) is 54.4 Å². The van der Waals surface area contributed by atoms with Crippen molar-refractivity contribution in [3.05, 3.63) is 58.8 Å². The summed E-state index contributed by atoms with van der Waals surface area (Å²) in [7, 11) is 0. The standard InChI is InChI=1S/C21H21BrFN5O2S/c1-3-12(2)17(25-20(30)24-16-10-6-14(22)7-11-16)18(29)26-21-28-27-19(31-21)13-4-8-15(23)9-5-13/h4-12,17H,3H2,1-2H3,(H2,24,25,30)(H,26,28,29)/t12-,17-/m1/s1. The van der Waals surface area contributed by atoms with Gasteiger partial charge in [-0.2, -0.15) is 0 Å². The van der Waals surface area contributed by atoms with E-state index in [2.05, 4.69) is 42.1 Å². The summed E-state index contributed by atoms with van der Waals surface area (Å²) in [5.41, 5.74) is 1.31. The van der Waals surface area contributed by atoms with Crippen LogP contribution in [0.15, 0.2) is 53.0 Å². The second-order valence-corrected chi connectivity index (χ2v) is 8.77. The van der Waals surface area contributed by atoms with E-state index in [0.717, 1.165) is 4.47 Å². The van der Waals surface area contributed by atoms with Crippen LogP contribution in [0.5, 0.6) is 0 Å². The number of halogens is 2. The zero-order valence-corrected chi connectivity index (χ0v) is 19.3. The molecule has 3 amide bonds. The molecule has 3 rings (SSSR count). The highest BCUT2D eigenvalue weighted by Gasteiger charge is 2.27. The second kappa shape index (κ2) is 10.5. The molecule has 0 radical (unpaired) electrons. The van der Waals surface area contributed by atoms with Crippen molar-refractivity contribution in [2.24, 2.45) is 5.92 Å². The average Bonchev–Trinajstić information content (AvgIpc) is 3.22. The van der Waals surface area contributed by atoms with Crippen LogP contribution in [0.4, 0.5) is 20.0 Å². The van der Waals surface area contributed by atoms with Crippen LogP contribution in [-0.4, -0.2) is 28.2 Å². The third-order valence-electron chi connectivity index (χ3n) is 4.63. The fourth-order valence-electron chi connectivity index (χ4n) is 2.71. The van der Waals surface area contributed by atoms with Gasteiger partial charge in [-0.3, -0.25) is 10.1 Å². The number of aromatic nitrogens is 2. The molecule has 0 aliphatic rings. The highest BCUT2D eigenvalue weighted by atomic mass is 79.9. The van der Waals surface area contributed by atoms with Crippen molar-refractivity contribution in [3.63, 3.8) is 0 Å². The molecule has 1 heterocycles. The van der Waals surface area contributed by atoms with Gasteiger partial charge >= 0.3 is 6.03 Å². The van der Waals surface area contributed by atoms with Gasteiger partial charge in [0.2, 0.25) is 11.0 Å². The Labute approximate surface area is 191 Å². The summed E-state index contributed by atoms with van der Waals surface area (Å²) in [4.78, 5) is 25.3. The first-order valence-electron chi connectivity index (χ1n) is 9.59. The quantitative estimate of drug-likeness (QED) is 0.406. The number of carbonyl (C=O) groups is 2. The van der Waals surface area contributed by atoms with Gasteiger partial charge in [0, 0.05) is 15.7 Å². The number of amides is 3. The summed E-state index contributed by atoms with van der Waals surface area (Å²) in [6, 6.07) is 11.7. The first kappa shape index (κ1) is 22.8. The molecule has 10 heteroatoms. The van der Waals surface area contributed by atoms with Crippen molar-refractivity contribution in [3.8, 4) is 10.6 Å². The van der Waals surface area contributed by atoms with E-state index in [1.165, 1.54) is 23.5 Å². The fourth-order valence-corrected chi connectivity index (χ4v) is 3.73. The zero-order chi connectivity index (χ0) is 22.4. The molecule has 1 aromatic heterocycles. The summed E-state index contributed by atoms with van der Waals surface area (Å²) in [5.74, 6) is -0.840. The normalized spacial score (nSPS) is 12.6. The topological polar surface area (TPSA) is 96.0 Å². The molecule has 0 saturated carbocycles. The van der Waals surface area contributed by atoms with Crippen molar-refractivity contribution in [2.75, 3.05) is 10.6 Å². The van der Waals surface area contributed by atoms with Crippen LogP contribution >= 0.6 is 27.3 Å². The van der Waals surface area contributed by atoms with E-state index in [-0.39, 0.29) is 17.6 Å². The molecule has 3 aromatic rings. The van der Waals surface area contributed by atoms with Crippen LogP contribution in [0.3, 0.4) is 0 Å². The van der Waals surface area contributed by atoms with Crippen molar-refractivity contribution in [1.82, 2.24) is 15.5 Å². The number of hydrogen-bond acceptors (Lipinski definition) is 5. The maximum atomic E-state index is 13.1. The lowest BCUT2D eigenvalue weighted by molar-refractivity contribution is -0.119. The number of rotatable bonds is 7. The predicted molar refractivity (Wildman–Crippen MR) is 123 cm³/mol. The van der Waals surface area contributed by atoms with E-state index in [9.17, 15) is 14.0 Å². The second-order valence-electron chi connectivity index (χ2n) is 6.88. The molecule has 0 saturated heterocycles. The van der Waals surface area contributed by atoms with E-state index in [1.807, 2.05) is 26.0 Å². The number of anilines is 2. The van der Waals surface area contributed by atoms with Crippen molar-refractivity contribution in [2.45, 2.75) is 26.3 Å². The van der Waals surface area contributed by atoms with E-state index in [0.29, 0.717) is 27.8 Å². The molecule has 0 aliphatic carbocycles. The molecule has 0 unspecified atom stereocenters. The first-order chi connectivity index (χ1) is 14.9. The maximum Gasteiger partial charge on any atom is 0.319 e. The molecular formula is C21H21BrFN5O2S. The summed E-state index contributed by atoms with van der Waals surface area (Å²) in [6.45, 7) is 3.82. The minimum atomic E-state index is -0.765. The number of hydrogen-bond donors (Lipinski definition) is 3. The minimum Gasteiger partial charge on any atom is -0.326 e. The van der Waals surface area contributed by atoms with Crippen LogP contribution < -0.4 is 16.0 Å². The van der Waals surface area contributed by atoms with Gasteiger partial charge < -0.3 is 10.6 Å². The smallest absolute Gasteiger partial charge is 0.319 e. The van der Waals surface area contributed by atoms with E-state index in [1.54, 1.807) is 24.3 Å². The molecule has 0 aliphatic heterocycles. The van der Waals surface area contributed by atoms with Gasteiger partial charge in [0.15, 0.2) is 0 Å². The summed E-state index contributed by atoms with van der Waals surface area (Å²) >= 11 is 4.51. The molecule has 2 aromatic carbocycles. The highest BCUT2D eigenvalue weighted by molar-refractivity contribution is 9.10. The number of benzene rings is 2. The molecule has 7 nitrogen and oxygen atoms in total. The molecule has 3 N–H and O–H groups in total. The van der Waals surface area contributed by atoms with Crippen molar-refractivity contribution >= 4 is 50.0 Å². The van der Waals surface area contributed by atoms with Gasteiger partial charge in [-0.15, -0.1) is 10.2 Å². The van der Waals surface area contributed by atoms with Gasteiger partial charge in [0.05, 0.1) is 0 Å². The van der Waals surface area contributed by atoms with Crippen molar-refractivity contribution in [1.29, 1.82) is 0 Å². The molecular weight excluding hydrogens is 485 g/mol. The third kappa shape index (κ3) is 6.31. The van der Waals surface area contributed by atoms with E-state index < -0.39 is 12.1 Å². The number of urea groups is 1. The molecule has 162 valence electrons. The number of nitrogens with zero attached hydrogens (tertiary/aromatic N) is 2. The lowest BCUT2D eigenvalue weighted by atomic mass is 9.98. The largest absolute Gasteiger partial charge is 0.326 e. The molecule has 2 atom stereocenters. The van der Waals surface area contributed by atoms with Crippen LogP contribution in [0.1, 0.15) is 20.3 Å². The van der Waals surface area contributed by atoms with E-state index in [4.69, 9.17) is 0 Å². The molecule has 0 spiro atoms. The Bertz CT molecular complexity index is 1040. The van der Waals surface area contributed by atoms with Gasteiger partial charge in [-0.25, -0.2) is 9.18 Å². The zero-order valence-electron chi connectivity index (χ0n) is 16.9. The van der Waals surface area contributed by atoms with Crippen LogP contribution in [0.25, 0.3) is 10.6 Å². The lowest BCUT2D eigenvalue weighted by Gasteiger charge is -2.23. The summed E-state index contributed by atoms with van der Waals surface area (Å²) in [6.07, 6.45) is 0.688. The number of nitrogens with one attached hydrogen (secondary N) is 3. The first-order valence-corrected chi connectivity index (χ1v) is 11.2. The predicted octanol–water partition coefficient (Wildman–Crippen LogP) is 5.28. The summed E-state index contributed by atoms with van der Waals surface area (Å²) < 4.78 is 14.0. The maximum absolute atomic E-state index is 13.1. The lowest BCUT2D eigenvalue weighted by Crippen LogP contribution is -2.49. The van der Waals surface area contributed by atoms with Crippen LogP contribution in [0, 0.1) is 11.7 Å². The Morgan fingerprint density at radius 3 is 2.39 bits per heavy atom. The number of carbonyl (C=O) groups excluding carboxylic acids is 2. The third-order valence-corrected chi connectivity index (χ3v) is 6.05. The van der Waals surface area contributed by atoms with Crippen LogP contribution in [-0.2, 0) is 4.79 Å². The highest BCUT2D eigenvalue weighted by Crippen LogP contribution is 2.26. The molecule has 0 fully saturated rings. The monoisotopic (exact) mass is 505 g/mol. The Balaban J connectivity index is 1.66. The summed E-state index contributed by atoms with van der Waals surface area (Å²) in [5, 5.41) is 17.1. The molecule has 0 bridgehead atoms. The Hall–Kier alpha value is -2.85. The molecule has 31 heavy (non-hydrogen) atoms. The SMILES string of the molecule is CC[C@@H](C)[C@@H](NC(=O)Nc1ccc(Br)cc1)C(=O)Nc1nnc(-c2ccc(F)cc2)s1. The van der Waals surface area contributed by atoms with Crippen LogP contribution in [0.2, 0.25) is 0 Å². The Kier molecular flexibility index (Phi) is 7.69. The van der Waals surface area contributed by atoms with Gasteiger partial charge in [-0.1, -0.05) is 47.5 Å². The Morgan fingerprint density at radius 2 is 1.74 bits per heavy atom. The van der Waals surface area contributed by atoms with Gasteiger partial charge in [0.1, 0.15) is 16.9 Å². The fraction of sp³-hybridized carbons (Fsp3) is 0.238. The Morgan fingerprint density at radius 1 is 1.06 bits per heavy atom. The van der Waals surface area contributed by atoms with Crippen molar-refractivity contribution < 1.29 is 14.0 Å².